The maximum absolute atomic E-state index is 12.5. The number of nitrogens with one attached hydrogen (secondary N) is 1. The van der Waals surface area contributed by atoms with Gasteiger partial charge in [-0.05, 0) is 31.2 Å². The minimum absolute atomic E-state index is 0. The second-order valence-corrected chi connectivity index (χ2v) is 7.42. The quantitative estimate of drug-likeness (QED) is 0.746. The Morgan fingerprint density at radius 1 is 1.30 bits per heavy atom. The van der Waals surface area contributed by atoms with E-state index in [0.29, 0.717) is 0 Å². The van der Waals surface area contributed by atoms with Crippen LogP contribution in [0.4, 0.5) is 0 Å². The first-order chi connectivity index (χ1) is 12.2. The Morgan fingerprint density at radius 3 is 2.67 bits per heavy atom. The topological polar surface area (TPSA) is 67.6 Å². The molecule has 1 heterocycles. The molecular weight excluding hydrogens is 385 g/mol. The zero-order valence-electron chi connectivity index (χ0n) is 16.0. The summed E-state index contributed by atoms with van der Waals surface area (Å²) in [6, 6.07) is 10.8. The van der Waals surface area contributed by atoms with E-state index in [2.05, 4.69) is 41.4 Å². The maximum Gasteiger partial charge on any atom is 0.223 e. The van der Waals surface area contributed by atoms with Crippen LogP contribution in [0, 0.1) is 5.92 Å². The van der Waals surface area contributed by atoms with E-state index in [1.807, 2.05) is 6.07 Å². The van der Waals surface area contributed by atoms with E-state index in [1.165, 1.54) is 5.56 Å². The second-order valence-electron chi connectivity index (χ2n) is 7.42. The van der Waals surface area contributed by atoms with Crippen molar-refractivity contribution < 1.29 is 9.53 Å². The lowest BCUT2D eigenvalue weighted by molar-refractivity contribution is -0.128. The molecule has 1 amide bonds. The van der Waals surface area contributed by atoms with Gasteiger partial charge in [0, 0.05) is 31.6 Å². The van der Waals surface area contributed by atoms with Gasteiger partial charge in [-0.25, -0.2) is 0 Å². The smallest absolute Gasteiger partial charge is 0.223 e. The Morgan fingerprint density at radius 2 is 2.04 bits per heavy atom. The Bertz CT molecular complexity index is 561. The SMILES string of the molecule is CCC(NC(=O)C1CCC(N)C1)C1CN(Cc2ccccc2)CCO1.Cl.Cl. The second kappa shape index (κ2) is 11.9. The molecule has 5 nitrogen and oxygen atoms in total. The fourth-order valence-electron chi connectivity index (χ4n) is 3.97. The van der Waals surface area contributed by atoms with Gasteiger partial charge < -0.3 is 15.8 Å². The zero-order chi connectivity index (χ0) is 17.6. The molecule has 1 aliphatic carbocycles. The molecule has 4 atom stereocenters. The Hall–Kier alpha value is -0.850. The van der Waals surface area contributed by atoms with Crippen molar-refractivity contribution in [3.05, 3.63) is 35.9 Å². The Labute approximate surface area is 175 Å². The molecule has 1 aromatic rings. The van der Waals surface area contributed by atoms with Crippen LogP contribution in [0.5, 0.6) is 0 Å². The number of rotatable bonds is 6. The van der Waals surface area contributed by atoms with Crippen LogP contribution < -0.4 is 11.1 Å². The van der Waals surface area contributed by atoms with E-state index >= 15 is 0 Å². The van der Waals surface area contributed by atoms with Crippen molar-refractivity contribution in [3.8, 4) is 0 Å². The van der Waals surface area contributed by atoms with Gasteiger partial charge in [0.2, 0.25) is 5.91 Å². The molecular formula is C20H33Cl2N3O2. The maximum atomic E-state index is 12.5. The van der Waals surface area contributed by atoms with Crippen LogP contribution in [0.25, 0.3) is 0 Å². The van der Waals surface area contributed by atoms with Gasteiger partial charge in [0.25, 0.3) is 0 Å². The minimum atomic E-state index is 0. The summed E-state index contributed by atoms with van der Waals surface area (Å²) >= 11 is 0. The average Bonchev–Trinajstić information content (AvgIpc) is 3.07. The number of carbonyl (C=O) groups excluding carboxylic acids is 1. The molecule has 7 heteroatoms. The highest BCUT2D eigenvalue weighted by molar-refractivity contribution is 5.85. The van der Waals surface area contributed by atoms with E-state index < -0.39 is 0 Å². The average molecular weight is 418 g/mol. The molecule has 2 aliphatic rings. The molecule has 3 N–H and O–H groups in total. The van der Waals surface area contributed by atoms with E-state index in [1.54, 1.807) is 0 Å². The van der Waals surface area contributed by atoms with Crippen LogP contribution in [0.2, 0.25) is 0 Å². The van der Waals surface area contributed by atoms with E-state index in [-0.39, 0.29) is 54.8 Å². The van der Waals surface area contributed by atoms with Crippen molar-refractivity contribution in [2.75, 3.05) is 19.7 Å². The molecule has 1 saturated heterocycles. The van der Waals surface area contributed by atoms with Crippen molar-refractivity contribution in [2.45, 2.75) is 57.3 Å². The number of nitrogens with two attached hydrogens (primary N) is 1. The van der Waals surface area contributed by atoms with Crippen LogP contribution in [-0.4, -0.2) is 48.7 Å². The fraction of sp³-hybridized carbons (Fsp3) is 0.650. The van der Waals surface area contributed by atoms with Gasteiger partial charge in [0.05, 0.1) is 18.8 Å². The first kappa shape index (κ1) is 24.2. The molecule has 0 radical (unpaired) electrons. The van der Waals surface area contributed by atoms with E-state index in [9.17, 15) is 4.79 Å². The number of hydrogen-bond donors (Lipinski definition) is 2. The van der Waals surface area contributed by atoms with E-state index in [0.717, 1.165) is 51.9 Å². The Balaban J connectivity index is 0.00000182. The highest BCUT2D eigenvalue weighted by Crippen LogP contribution is 2.25. The molecule has 154 valence electrons. The third kappa shape index (κ3) is 6.91. The zero-order valence-corrected chi connectivity index (χ0v) is 17.6. The normalized spacial score (nSPS) is 26.5. The number of benzene rings is 1. The van der Waals surface area contributed by atoms with Gasteiger partial charge in [0.1, 0.15) is 0 Å². The number of morpholine rings is 1. The lowest BCUT2D eigenvalue weighted by Gasteiger charge is -2.37. The molecule has 4 unspecified atom stereocenters. The molecule has 1 saturated carbocycles. The Kier molecular flexibility index (Phi) is 10.6. The van der Waals surface area contributed by atoms with Crippen LogP contribution in [0.1, 0.15) is 38.2 Å². The van der Waals surface area contributed by atoms with Crippen LogP contribution >= 0.6 is 24.8 Å². The van der Waals surface area contributed by atoms with Crippen LogP contribution in [0.3, 0.4) is 0 Å². The van der Waals surface area contributed by atoms with Gasteiger partial charge in [-0.3, -0.25) is 9.69 Å². The molecule has 1 aliphatic heterocycles. The highest BCUT2D eigenvalue weighted by Gasteiger charge is 2.32. The van der Waals surface area contributed by atoms with Gasteiger partial charge in [-0.15, -0.1) is 24.8 Å². The summed E-state index contributed by atoms with van der Waals surface area (Å²) in [7, 11) is 0. The monoisotopic (exact) mass is 417 g/mol. The van der Waals surface area contributed by atoms with Gasteiger partial charge in [-0.2, -0.15) is 0 Å². The lowest BCUT2D eigenvalue weighted by Crippen LogP contribution is -2.53. The van der Waals surface area contributed by atoms with Crippen molar-refractivity contribution in [3.63, 3.8) is 0 Å². The third-order valence-electron chi connectivity index (χ3n) is 5.49. The molecule has 2 fully saturated rings. The molecule has 0 aromatic heterocycles. The molecule has 3 rings (SSSR count). The first-order valence-corrected chi connectivity index (χ1v) is 9.59. The van der Waals surface area contributed by atoms with Crippen molar-refractivity contribution in [1.82, 2.24) is 10.2 Å². The van der Waals surface area contributed by atoms with E-state index in [4.69, 9.17) is 10.5 Å². The van der Waals surface area contributed by atoms with Gasteiger partial charge in [0.15, 0.2) is 0 Å². The summed E-state index contributed by atoms with van der Waals surface area (Å²) in [5.74, 6) is 0.233. The predicted molar refractivity (Wildman–Crippen MR) is 113 cm³/mol. The van der Waals surface area contributed by atoms with Gasteiger partial charge in [-0.1, -0.05) is 37.3 Å². The predicted octanol–water partition coefficient (Wildman–Crippen LogP) is 2.75. The number of amides is 1. The fourth-order valence-corrected chi connectivity index (χ4v) is 3.97. The minimum Gasteiger partial charge on any atom is -0.373 e. The number of hydrogen-bond acceptors (Lipinski definition) is 4. The molecule has 27 heavy (non-hydrogen) atoms. The number of nitrogens with zero attached hydrogens (tertiary/aromatic N) is 1. The summed E-state index contributed by atoms with van der Waals surface area (Å²) < 4.78 is 6.00. The summed E-state index contributed by atoms with van der Waals surface area (Å²) in [6.07, 6.45) is 3.62. The number of ether oxygens (including phenoxy) is 1. The number of carbonyl (C=O) groups is 1. The van der Waals surface area contributed by atoms with Crippen molar-refractivity contribution in [1.29, 1.82) is 0 Å². The molecule has 1 aromatic carbocycles. The summed E-state index contributed by atoms with van der Waals surface area (Å²) in [4.78, 5) is 15.0. The van der Waals surface area contributed by atoms with Crippen molar-refractivity contribution in [2.24, 2.45) is 11.7 Å². The lowest BCUT2D eigenvalue weighted by atomic mass is 10.0. The van der Waals surface area contributed by atoms with Crippen LogP contribution in [0.15, 0.2) is 30.3 Å². The van der Waals surface area contributed by atoms with Crippen LogP contribution in [-0.2, 0) is 16.1 Å². The third-order valence-corrected chi connectivity index (χ3v) is 5.49. The standard InChI is InChI=1S/C20H31N3O2.2ClH/c1-2-18(22-20(24)16-8-9-17(21)12-16)19-14-23(10-11-25-19)13-15-6-4-3-5-7-15;;/h3-7,16-19H,2,8-14,21H2,1H3,(H,22,24);2*1H. The first-order valence-electron chi connectivity index (χ1n) is 9.59. The summed E-state index contributed by atoms with van der Waals surface area (Å²) in [5, 5.41) is 3.24. The highest BCUT2D eigenvalue weighted by atomic mass is 35.5. The van der Waals surface area contributed by atoms with Crippen molar-refractivity contribution >= 4 is 30.7 Å². The molecule has 0 spiro atoms. The largest absolute Gasteiger partial charge is 0.373 e. The summed E-state index contributed by atoms with van der Waals surface area (Å²) in [5.41, 5.74) is 7.27. The molecule has 0 bridgehead atoms. The number of halogens is 2. The van der Waals surface area contributed by atoms with Gasteiger partial charge >= 0.3 is 0 Å². The summed E-state index contributed by atoms with van der Waals surface area (Å²) in [6.45, 7) is 5.57.